The number of primary amides is 2. The molecule has 29 nitrogen and oxygen atoms in total. The molecule has 1 fully saturated rings. The van der Waals surface area contributed by atoms with Gasteiger partial charge in [0.25, 0.3) is 0 Å². The molecule has 1 saturated heterocycles. The highest BCUT2D eigenvalue weighted by Crippen LogP contribution is 2.23. The number of fused-ring (bicyclic) bond motifs is 1. The minimum Gasteiger partial charge on any atom is -0.508 e. The Balaban J connectivity index is 1.31. The second-order valence-corrected chi connectivity index (χ2v) is 22.7. The van der Waals surface area contributed by atoms with Crippen LogP contribution in [0.1, 0.15) is 89.8 Å². The van der Waals surface area contributed by atoms with Crippen molar-refractivity contribution in [2.45, 2.75) is 159 Å². The first-order valence-corrected chi connectivity index (χ1v) is 29.7. The van der Waals surface area contributed by atoms with Crippen molar-refractivity contribution in [3.05, 3.63) is 102 Å². The molecule has 0 spiro atoms. The number of carbonyl (C=O) groups is 11. The van der Waals surface area contributed by atoms with Gasteiger partial charge in [0.1, 0.15) is 60.1 Å². The lowest BCUT2D eigenvalue weighted by Crippen LogP contribution is -2.62. The van der Waals surface area contributed by atoms with Crippen LogP contribution < -0.4 is 64.6 Å². The molecular formula is C61H85N15O14. The Morgan fingerprint density at radius 2 is 1.23 bits per heavy atom. The number of likely N-dealkylation sites (tertiary alicyclic amines) is 1. The van der Waals surface area contributed by atoms with E-state index in [4.69, 9.17) is 16.9 Å². The van der Waals surface area contributed by atoms with Crippen molar-refractivity contribution >= 4 is 81.8 Å². The lowest BCUT2D eigenvalue weighted by Gasteiger charge is -2.30. The smallest absolute Gasteiger partial charge is 0.246 e. The predicted molar refractivity (Wildman–Crippen MR) is 330 cm³/mol. The van der Waals surface area contributed by atoms with Crippen molar-refractivity contribution in [2.75, 3.05) is 20.1 Å². The zero-order valence-corrected chi connectivity index (χ0v) is 51.2. The van der Waals surface area contributed by atoms with Crippen LogP contribution in [0.3, 0.4) is 0 Å². The minimum absolute atomic E-state index is 0.0112. The number of β-amino-alcohol motifs (C(OH)–C–C–N with tert-alkyl or cyclic N) is 1. The molecule has 0 bridgehead atoms. The average molecular weight is 1250 g/mol. The number of benzene rings is 3. The molecule has 5 rings (SSSR count). The number of aliphatic hydroxyl groups excluding tert-OH is 2. The fourth-order valence-corrected chi connectivity index (χ4v) is 10.2. The first-order chi connectivity index (χ1) is 42.7. The number of hydrogen-bond acceptors (Lipinski definition) is 15. The number of aliphatic hydroxyl groups is 2. The summed E-state index contributed by atoms with van der Waals surface area (Å²) in [5.74, 6) is -10.2. The highest BCUT2D eigenvalue weighted by atomic mass is 16.3. The number of guanidine groups is 1. The van der Waals surface area contributed by atoms with E-state index in [0.29, 0.717) is 16.7 Å². The molecule has 0 saturated carbocycles. The third-order valence-corrected chi connectivity index (χ3v) is 14.9. The second kappa shape index (κ2) is 34.2. The highest BCUT2D eigenvalue weighted by Gasteiger charge is 2.43. The van der Waals surface area contributed by atoms with E-state index in [9.17, 15) is 68.1 Å². The number of aromatic hydroxyl groups is 1. The van der Waals surface area contributed by atoms with Crippen molar-refractivity contribution in [3.8, 4) is 5.75 Å². The second-order valence-electron chi connectivity index (χ2n) is 22.7. The largest absolute Gasteiger partial charge is 0.508 e. The molecule has 0 unspecified atom stereocenters. The Labute approximate surface area is 520 Å². The van der Waals surface area contributed by atoms with E-state index in [1.165, 1.54) is 31.2 Å². The molecule has 0 radical (unpaired) electrons. The van der Waals surface area contributed by atoms with E-state index in [0.717, 1.165) is 22.7 Å². The molecule has 90 heavy (non-hydrogen) atoms. The molecule has 11 amide bonds. The van der Waals surface area contributed by atoms with Crippen LogP contribution in [0, 0.1) is 11.3 Å². The lowest BCUT2D eigenvalue weighted by molar-refractivity contribution is -0.142. The molecule has 19 N–H and O–H groups in total. The summed E-state index contributed by atoms with van der Waals surface area (Å²) in [6.45, 7) is 7.33. The number of carbonyl (C=O) groups excluding carboxylic acids is 11. The molecule has 29 heteroatoms. The molecule has 11 atom stereocenters. The Kier molecular flexibility index (Phi) is 27.0. The monoisotopic (exact) mass is 1250 g/mol. The quantitative estimate of drug-likeness (QED) is 0.0133. The Bertz CT molecular complexity index is 3180. The van der Waals surface area contributed by atoms with Gasteiger partial charge in [0.15, 0.2) is 5.96 Å². The third-order valence-electron chi connectivity index (χ3n) is 14.9. The standard InChI is InChI=1S/C61H85N15O14/c1-7-41(53(83)72-45(24-32(2)3)55(85)70-43(18-13-23-66-61(64)65-6)54(84)71-44(52(63)82)27-37-30-67-42-17-12-11-16-40(37)42)69-56(86)46(25-35-14-9-8-10-15-35)74-59(89)51(33(4)77)75-57(87)47(29-50(62)81)73-58(88)49-28-39(80)31-76(49)60(90)48(68-34(5)78)26-36-19-21-38(79)22-20-36/h8-12,14-17,19-22,30,32-33,39,41,43-49,51,67,77,79-80H,7,13,18,23-29,31H2,1-6H3,(H2,62,81)(H2,63,82)(H,68,78)(H,69,86)(H,70,85)(H,71,84)(H,72,83)(H,73,88)(H,74,89)(H,75,87)(H3,64,65,66)/t33-,39-,41+,43+,44+,45+,46+,47+,48-,49+,51+/m1/s1. The van der Waals surface area contributed by atoms with Crippen molar-refractivity contribution in [3.63, 3.8) is 0 Å². The summed E-state index contributed by atoms with van der Waals surface area (Å²) < 4.78 is 0. The van der Waals surface area contributed by atoms with Gasteiger partial charge in [-0.15, -0.1) is 0 Å². The fourth-order valence-electron chi connectivity index (χ4n) is 10.2. The van der Waals surface area contributed by atoms with Gasteiger partial charge in [-0.3, -0.25) is 58.1 Å². The van der Waals surface area contributed by atoms with Crippen LogP contribution in [0.2, 0.25) is 0 Å². The molecule has 3 aromatic carbocycles. The van der Waals surface area contributed by atoms with Gasteiger partial charge in [-0.2, -0.15) is 0 Å². The summed E-state index contributed by atoms with van der Waals surface area (Å²) in [5.41, 5.74) is 13.9. The van der Waals surface area contributed by atoms with Crippen molar-refractivity contribution in [2.24, 2.45) is 17.4 Å². The SMILES string of the molecule is CC[C@H](NC(=O)[C@H](Cc1ccccc1)NC(=O)[C@@H](NC(=O)[C@H](CC(N)=O)NC(=O)[C@@H]1C[C@@H](O)CN1C(=O)[C@@H](Cc1ccc(O)cc1)NC(C)=O)[C@@H](C)O)C(=O)N[C@@H](CC(C)C)C(=O)N[C@@H](CCCNC(=N)NC)C(=O)N[C@@H](Cc1c[nH]c2ccccc12)C(N)=O. The number of para-hydroxylation sites is 1. The first kappa shape index (κ1) is 71.1. The van der Waals surface area contributed by atoms with Gasteiger partial charge in [-0.05, 0) is 73.4 Å². The van der Waals surface area contributed by atoms with Crippen LogP contribution in [-0.4, -0.2) is 183 Å². The van der Waals surface area contributed by atoms with Crippen LogP contribution in [-0.2, 0) is 72.0 Å². The Morgan fingerprint density at radius 1 is 0.667 bits per heavy atom. The summed E-state index contributed by atoms with van der Waals surface area (Å²) in [6, 6.07) is 8.47. The number of nitrogens with one attached hydrogen (secondary N) is 12. The van der Waals surface area contributed by atoms with E-state index in [-0.39, 0.29) is 82.1 Å². The van der Waals surface area contributed by atoms with Crippen LogP contribution >= 0.6 is 0 Å². The molecule has 1 aliphatic rings. The normalized spacial score (nSPS) is 16.7. The van der Waals surface area contributed by atoms with E-state index in [1.54, 1.807) is 64.3 Å². The molecule has 4 aromatic rings. The first-order valence-electron chi connectivity index (χ1n) is 29.7. The van der Waals surface area contributed by atoms with Gasteiger partial charge in [-0.1, -0.05) is 81.4 Å². The molecular weight excluding hydrogens is 1170 g/mol. The number of hydrogen-bond donors (Lipinski definition) is 17. The van der Waals surface area contributed by atoms with Crippen molar-refractivity contribution in [1.29, 1.82) is 5.41 Å². The number of aromatic amines is 1. The van der Waals surface area contributed by atoms with Gasteiger partial charge in [0.2, 0.25) is 65.0 Å². The number of nitrogens with two attached hydrogens (primary N) is 2. The van der Waals surface area contributed by atoms with Crippen molar-refractivity contribution < 1.29 is 68.1 Å². The number of amides is 11. The predicted octanol–water partition coefficient (Wildman–Crippen LogP) is -2.52. The zero-order valence-electron chi connectivity index (χ0n) is 51.2. The minimum atomic E-state index is -1.88. The van der Waals surface area contributed by atoms with Crippen LogP contribution in [0.5, 0.6) is 5.75 Å². The summed E-state index contributed by atoms with van der Waals surface area (Å²) in [7, 11) is 1.55. The topological polar surface area (TPSA) is 464 Å². The maximum Gasteiger partial charge on any atom is 0.246 e. The zero-order chi connectivity index (χ0) is 66.4. The lowest BCUT2D eigenvalue weighted by atomic mass is 10.0. The van der Waals surface area contributed by atoms with Crippen LogP contribution in [0.15, 0.2) is 85.1 Å². The third kappa shape index (κ3) is 21.6. The van der Waals surface area contributed by atoms with Gasteiger partial charge in [-0.25, -0.2) is 0 Å². The number of phenolic OH excluding ortho intramolecular Hbond substituents is 1. The molecule has 0 aliphatic carbocycles. The fraction of sp³-hybridized carbons (Fsp3) is 0.475. The van der Waals surface area contributed by atoms with Gasteiger partial charge < -0.3 is 89.8 Å². The van der Waals surface area contributed by atoms with Gasteiger partial charge >= 0.3 is 0 Å². The van der Waals surface area contributed by atoms with E-state index in [2.05, 4.69) is 58.2 Å². The van der Waals surface area contributed by atoms with Gasteiger partial charge in [0.05, 0.1) is 18.6 Å². The Hall–Kier alpha value is -9.64. The maximum absolute atomic E-state index is 14.4. The molecule has 1 aromatic heterocycles. The molecule has 1 aliphatic heterocycles. The maximum atomic E-state index is 14.4. The average Bonchev–Trinajstić information content (AvgIpc) is 2.68. The number of phenols is 1. The highest BCUT2D eigenvalue weighted by molar-refractivity contribution is 6.00. The number of aromatic nitrogens is 1. The summed E-state index contributed by atoms with van der Waals surface area (Å²) in [6.07, 6.45) is -2.42. The van der Waals surface area contributed by atoms with Crippen molar-refractivity contribution in [1.82, 2.24) is 63.1 Å². The summed E-state index contributed by atoms with van der Waals surface area (Å²) >= 11 is 0. The van der Waals surface area contributed by atoms with Crippen LogP contribution in [0.25, 0.3) is 10.9 Å². The molecule has 488 valence electrons. The van der Waals surface area contributed by atoms with E-state index < -0.39 is 138 Å². The summed E-state index contributed by atoms with van der Waals surface area (Å²) in [4.78, 5) is 155. The summed E-state index contributed by atoms with van der Waals surface area (Å²) in [5, 5.41) is 66.2. The van der Waals surface area contributed by atoms with Crippen LogP contribution in [0.4, 0.5) is 0 Å². The number of H-pyrrole nitrogens is 1. The number of rotatable bonds is 33. The van der Waals surface area contributed by atoms with E-state index in [1.807, 2.05) is 24.3 Å². The van der Waals surface area contributed by atoms with Gasteiger partial charge in [0, 0.05) is 69.8 Å². The molecule has 2 heterocycles. The van der Waals surface area contributed by atoms with E-state index >= 15 is 0 Å². The number of nitrogens with zero attached hydrogens (tertiary/aromatic N) is 1. The Morgan fingerprint density at radius 3 is 1.86 bits per heavy atom.